The van der Waals surface area contributed by atoms with Crippen molar-refractivity contribution in [2.75, 3.05) is 26.1 Å². The minimum atomic E-state index is -0.337. The third-order valence-electron chi connectivity index (χ3n) is 3.02. The van der Waals surface area contributed by atoms with Crippen molar-refractivity contribution < 1.29 is 19.0 Å². The number of nitrogens with zero attached hydrogens (tertiary/aromatic N) is 1. The summed E-state index contributed by atoms with van der Waals surface area (Å²) in [6, 6.07) is 13.7. The third-order valence-corrected chi connectivity index (χ3v) is 3.02. The Morgan fingerprint density at radius 1 is 1.13 bits per heavy atom. The summed E-state index contributed by atoms with van der Waals surface area (Å²) in [4.78, 5) is 12.0. The van der Waals surface area contributed by atoms with Crippen LogP contribution in [-0.4, -0.2) is 26.7 Å². The Bertz CT molecular complexity index is 738. The zero-order valence-corrected chi connectivity index (χ0v) is 12.8. The van der Waals surface area contributed by atoms with Gasteiger partial charge in [-0.1, -0.05) is 6.07 Å². The highest BCUT2D eigenvalue weighted by Gasteiger charge is 2.09. The van der Waals surface area contributed by atoms with E-state index in [0.717, 1.165) is 0 Å². The molecule has 0 saturated heterocycles. The van der Waals surface area contributed by atoms with Crippen LogP contribution in [0.4, 0.5) is 5.69 Å². The number of nitriles is 1. The highest BCUT2D eigenvalue weighted by atomic mass is 16.5. The Labute approximate surface area is 134 Å². The van der Waals surface area contributed by atoms with Crippen LogP contribution in [0.1, 0.15) is 5.56 Å². The number of hydrogen-bond donors (Lipinski definition) is 1. The van der Waals surface area contributed by atoms with E-state index in [1.807, 2.05) is 6.07 Å². The Balaban J connectivity index is 1.98. The fraction of sp³-hybridized carbons (Fsp3) is 0.176. The van der Waals surface area contributed by atoms with Crippen molar-refractivity contribution in [2.24, 2.45) is 0 Å². The molecule has 0 aliphatic carbocycles. The molecule has 2 rings (SSSR count). The Hall–Kier alpha value is -3.20. The topological polar surface area (TPSA) is 80.6 Å². The second-order valence-electron chi connectivity index (χ2n) is 4.54. The molecule has 2 aromatic rings. The van der Waals surface area contributed by atoms with E-state index in [9.17, 15) is 4.79 Å². The van der Waals surface area contributed by atoms with E-state index in [0.29, 0.717) is 28.5 Å². The molecule has 0 bridgehead atoms. The fourth-order valence-corrected chi connectivity index (χ4v) is 1.89. The fourth-order valence-electron chi connectivity index (χ4n) is 1.89. The number of amides is 1. The van der Waals surface area contributed by atoms with E-state index < -0.39 is 0 Å². The molecule has 0 heterocycles. The number of carbonyl (C=O) groups is 1. The quantitative estimate of drug-likeness (QED) is 0.886. The molecule has 0 saturated carbocycles. The first-order chi connectivity index (χ1) is 11.2. The van der Waals surface area contributed by atoms with Gasteiger partial charge in [-0.3, -0.25) is 4.79 Å². The first-order valence-corrected chi connectivity index (χ1v) is 6.81. The number of benzene rings is 2. The summed E-state index contributed by atoms with van der Waals surface area (Å²) in [7, 11) is 3.06. The first-order valence-electron chi connectivity index (χ1n) is 6.81. The second kappa shape index (κ2) is 7.71. The van der Waals surface area contributed by atoms with Gasteiger partial charge in [-0.05, 0) is 30.3 Å². The van der Waals surface area contributed by atoms with Crippen molar-refractivity contribution in [1.82, 2.24) is 0 Å². The summed E-state index contributed by atoms with van der Waals surface area (Å²) < 4.78 is 15.7. The van der Waals surface area contributed by atoms with Crippen LogP contribution in [0.25, 0.3) is 0 Å². The molecule has 118 valence electrons. The lowest BCUT2D eigenvalue weighted by molar-refractivity contribution is -0.118. The van der Waals surface area contributed by atoms with Gasteiger partial charge in [0.2, 0.25) is 0 Å². The van der Waals surface area contributed by atoms with E-state index in [2.05, 4.69) is 5.32 Å². The molecule has 6 heteroatoms. The molecule has 6 nitrogen and oxygen atoms in total. The molecule has 0 unspecified atom stereocenters. The van der Waals surface area contributed by atoms with Crippen molar-refractivity contribution in [2.45, 2.75) is 0 Å². The van der Waals surface area contributed by atoms with E-state index in [1.54, 1.807) is 49.6 Å². The van der Waals surface area contributed by atoms with Gasteiger partial charge in [0.1, 0.15) is 17.2 Å². The highest BCUT2D eigenvalue weighted by Crippen LogP contribution is 2.28. The van der Waals surface area contributed by atoms with Gasteiger partial charge in [0, 0.05) is 6.07 Å². The Kier molecular flexibility index (Phi) is 5.42. The highest BCUT2D eigenvalue weighted by molar-refractivity contribution is 5.93. The molecule has 0 aliphatic heterocycles. The molecule has 1 amide bonds. The maximum Gasteiger partial charge on any atom is 0.262 e. The van der Waals surface area contributed by atoms with Gasteiger partial charge >= 0.3 is 0 Å². The van der Waals surface area contributed by atoms with Crippen LogP contribution in [0.15, 0.2) is 42.5 Å². The summed E-state index contributed by atoms with van der Waals surface area (Å²) in [5, 5.41) is 11.5. The van der Waals surface area contributed by atoms with Crippen LogP contribution in [-0.2, 0) is 4.79 Å². The van der Waals surface area contributed by atoms with Crippen molar-refractivity contribution in [3.05, 3.63) is 48.0 Å². The molecule has 0 aliphatic rings. The van der Waals surface area contributed by atoms with Crippen LogP contribution >= 0.6 is 0 Å². The van der Waals surface area contributed by atoms with Crippen LogP contribution in [0.2, 0.25) is 0 Å². The van der Waals surface area contributed by atoms with Gasteiger partial charge in [0.25, 0.3) is 5.91 Å². The molecule has 0 aromatic heterocycles. The number of hydrogen-bond acceptors (Lipinski definition) is 5. The van der Waals surface area contributed by atoms with Crippen molar-refractivity contribution >= 4 is 11.6 Å². The molecule has 0 atom stereocenters. The van der Waals surface area contributed by atoms with Crippen molar-refractivity contribution in [3.8, 4) is 23.3 Å². The van der Waals surface area contributed by atoms with E-state index in [1.165, 1.54) is 7.11 Å². The lowest BCUT2D eigenvalue weighted by Gasteiger charge is -2.12. The summed E-state index contributed by atoms with van der Waals surface area (Å²) in [6.45, 7) is -0.177. The van der Waals surface area contributed by atoms with Crippen LogP contribution in [0, 0.1) is 11.3 Å². The molecule has 1 N–H and O–H groups in total. The van der Waals surface area contributed by atoms with Gasteiger partial charge in [-0.25, -0.2) is 0 Å². The van der Waals surface area contributed by atoms with Crippen LogP contribution in [0.5, 0.6) is 17.2 Å². The van der Waals surface area contributed by atoms with Crippen molar-refractivity contribution in [1.29, 1.82) is 5.26 Å². The standard InChI is InChI=1S/C17H16N2O4/c1-21-13-6-7-15(16(9-13)22-2)19-17(20)11-23-14-5-3-4-12(8-14)10-18/h3-9H,11H2,1-2H3,(H,19,20). The van der Waals surface area contributed by atoms with Gasteiger partial charge in [-0.15, -0.1) is 0 Å². The normalized spacial score (nSPS) is 9.61. The predicted molar refractivity (Wildman–Crippen MR) is 84.8 cm³/mol. The van der Waals surface area contributed by atoms with E-state index in [-0.39, 0.29) is 12.5 Å². The first kappa shape index (κ1) is 16.2. The van der Waals surface area contributed by atoms with Gasteiger partial charge in [-0.2, -0.15) is 5.26 Å². The molecule has 0 radical (unpaired) electrons. The number of rotatable bonds is 6. The average Bonchev–Trinajstić information content (AvgIpc) is 2.60. The largest absolute Gasteiger partial charge is 0.497 e. The lowest BCUT2D eigenvalue weighted by atomic mass is 10.2. The van der Waals surface area contributed by atoms with Gasteiger partial charge in [0.15, 0.2) is 6.61 Å². The average molecular weight is 312 g/mol. The molecular formula is C17H16N2O4. The minimum Gasteiger partial charge on any atom is -0.497 e. The SMILES string of the molecule is COc1ccc(NC(=O)COc2cccc(C#N)c2)c(OC)c1. The minimum absolute atomic E-state index is 0.177. The number of ether oxygens (including phenoxy) is 3. The summed E-state index contributed by atoms with van der Waals surface area (Å²) >= 11 is 0. The summed E-state index contributed by atoms with van der Waals surface area (Å²) in [5.74, 6) is 1.24. The molecule has 23 heavy (non-hydrogen) atoms. The van der Waals surface area contributed by atoms with Gasteiger partial charge in [0.05, 0.1) is 31.5 Å². The molecule has 0 fully saturated rings. The predicted octanol–water partition coefficient (Wildman–Crippen LogP) is 2.59. The third kappa shape index (κ3) is 4.38. The van der Waals surface area contributed by atoms with Crippen molar-refractivity contribution in [3.63, 3.8) is 0 Å². The van der Waals surface area contributed by atoms with Gasteiger partial charge < -0.3 is 19.5 Å². The zero-order chi connectivity index (χ0) is 16.7. The number of nitrogens with one attached hydrogen (secondary N) is 1. The number of carbonyl (C=O) groups excluding carboxylic acids is 1. The van der Waals surface area contributed by atoms with E-state index >= 15 is 0 Å². The Morgan fingerprint density at radius 2 is 1.96 bits per heavy atom. The summed E-state index contributed by atoms with van der Waals surface area (Å²) in [5.41, 5.74) is 0.993. The van der Waals surface area contributed by atoms with Crippen LogP contribution < -0.4 is 19.5 Å². The number of anilines is 1. The smallest absolute Gasteiger partial charge is 0.262 e. The van der Waals surface area contributed by atoms with E-state index in [4.69, 9.17) is 19.5 Å². The molecule has 0 spiro atoms. The van der Waals surface area contributed by atoms with Crippen LogP contribution in [0.3, 0.4) is 0 Å². The summed E-state index contributed by atoms with van der Waals surface area (Å²) in [6.07, 6.45) is 0. The zero-order valence-electron chi connectivity index (χ0n) is 12.8. The maximum absolute atomic E-state index is 12.0. The molecular weight excluding hydrogens is 296 g/mol. The second-order valence-corrected chi connectivity index (χ2v) is 4.54. The lowest BCUT2D eigenvalue weighted by Crippen LogP contribution is -2.20. The maximum atomic E-state index is 12.0. The monoisotopic (exact) mass is 312 g/mol. The Morgan fingerprint density at radius 3 is 2.65 bits per heavy atom. The number of methoxy groups -OCH3 is 2. The molecule has 2 aromatic carbocycles.